The first-order valence-corrected chi connectivity index (χ1v) is 10.1. The summed E-state index contributed by atoms with van der Waals surface area (Å²) in [6.07, 6.45) is 8.36. The van der Waals surface area contributed by atoms with E-state index in [9.17, 15) is 4.39 Å². The van der Waals surface area contributed by atoms with Gasteiger partial charge >= 0.3 is 0 Å². The lowest BCUT2D eigenvalue weighted by Crippen LogP contribution is -2.53. The summed E-state index contributed by atoms with van der Waals surface area (Å²) in [6, 6.07) is 7.73. The Morgan fingerprint density at radius 3 is 2.50 bits per heavy atom. The highest BCUT2D eigenvalue weighted by atomic mass is 19.1. The summed E-state index contributed by atoms with van der Waals surface area (Å²) in [6.45, 7) is 2.70. The van der Waals surface area contributed by atoms with E-state index in [0.717, 1.165) is 18.7 Å². The number of hydrogen-bond donors (Lipinski definition) is 0. The first kappa shape index (κ1) is 16.6. The van der Waals surface area contributed by atoms with E-state index >= 15 is 0 Å². The molecule has 4 atom stereocenters. The number of rotatable bonds is 2. The number of morpholine rings is 1. The molecular formula is C20H27FN4O. The predicted molar refractivity (Wildman–Crippen MR) is 96.2 cm³/mol. The first-order chi connectivity index (χ1) is 12.8. The van der Waals surface area contributed by atoms with Gasteiger partial charge in [0.1, 0.15) is 17.9 Å². The van der Waals surface area contributed by atoms with Crippen LogP contribution in [0, 0.1) is 5.82 Å². The van der Waals surface area contributed by atoms with E-state index in [1.165, 1.54) is 50.7 Å². The van der Waals surface area contributed by atoms with Crippen LogP contribution in [-0.2, 0) is 4.74 Å². The number of ether oxygens (including phenoxy) is 1. The van der Waals surface area contributed by atoms with Gasteiger partial charge in [0.2, 0.25) is 0 Å². The number of nitrogens with zero attached hydrogens (tertiary/aromatic N) is 4. The molecule has 2 unspecified atom stereocenters. The fourth-order valence-electron chi connectivity index (χ4n) is 5.18. The van der Waals surface area contributed by atoms with Crippen molar-refractivity contribution in [1.82, 2.24) is 9.91 Å². The Kier molecular flexibility index (Phi) is 4.41. The fraction of sp³-hybridized carbons (Fsp3) is 0.700. The third kappa shape index (κ3) is 2.93. The third-order valence-corrected chi connectivity index (χ3v) is 6.62. The maximum Gasteiger partial charge on any atom is 0.123 e. The molecule has 140 valence electrons. The van der Waals surface area contributed by atoms with Crippen molar-refractivity contribution in [3.63, 3.8) is 0 Å². The molecule has 0 aromatic heterocycles. The quantitative estimate of drug-likeness (QED) is 0.757. The van der Waals surface area contributed by atoms with E-state index in [2.05, 4.69) is 20.2 Å². The molecule has 5 rings (SSSR count). The van der Waals surface area contributed by atoms with Crippen molar-refractivity contribution in [3.05, 3.63) is 35.6 Å². The molecule has 1 aliphatic carbocycles. The van der Waals surface area contributed by atoms with Crippen LogP contribution in [0.2, 0.25) is 0 Å². The summed E-state index contributed by atoms with van der Waals surface area (Å²) in [5.41, 5.74) is 1.02. The highest BCUT2D eigenvalue weighted by Crippen LogP contribution is 2.39. The van der Waals surface area contributed by atoms with Gasteiger partial charge in [0.05, 0.1) is 18.8 Å². The van der Waals surface area contributed by atoms with E-state index in [-0.39, 0.29) is 24.0 Å². The number of hydrogen-bond acceptors (Lipinski definition) is 5. The summed E-state index contributed by atoms with van der Waals surface area (Å²) >= 11 is 0. The minimum atomic E-state index is -0.213. The minimum Gasteiger partial charge on any atom is -0.372 e. The van der Waals surface area contributed by atoms with Crippen LogP contribution in [0.1, 0.15) is 50.1 Å². The Hall–Kier alpha value is -1.53. The van der Waals surface area contributed by atoms with Crippen LogP contribution < -0.4 is 0 Å². The van der Waals surface area contributed by atoms with Crippen molar-refractivity contribution >= 4 is 0 Å². The monoisotopic (exact) mass is 358 g/mol. The van der Waals surface area contributed by atoms with E-state index in [0.29, 0.717) is 18.7 Å². The summed E-state index contributed by atoms with van der Waals surface area (Å²) in [7, 11) is 0. The smallest absolute Gasteiger partial charge is 0.123 e. The standard InChI is InChI=1S/C20H27FN4O/c21-15-9-7-14(8-10-15)20-18-13-26-19-12-24(11-17(19)25(18)23-22-20)16-5-3-1-2-4-6-16/h7-10,16-20H,1-6,11-13H2/t17-,18?,19-,20?/m0/s1. The van der Waals surface area contributed by atoms with Gasteiger partial charge in [0.15, 0.2) is 0 Å². The Bertz CT molecular complexity index is 658. The topological polar surface area (TPSA) is 40.4 Å². The molecule has 1 aromatic rings. The van der Waals surface area contributed by atoms with E-state index < -0.39 is 0 Å². The zero-order chi connectivity index (χ0) is 17.5. The summed E-state index contributed by atoms with van der Waals surface area (Å²) in [4.78, 5) is 2.64. The molecule has 0 amide bonds. The molecule has 3 heterocycles. The average Bonchev–Trinajstić information content (AvgIpc) is 3.18. The second-order valence-electron chi connectivity index (χ2n) is 8.19. The first-order valence-electron chi connectivity index (χ1n) is 10.1. The molecule has 2 saturated heterocycles. The lowest BCUT2D eigenvalue weighted by molar-refractivity contribution is -0.0771. The lowest BCUT2D eigenvalue weighted by Gasteiger charge is -2.38. The van der Waals surface area contributed by atoms with Crippen molar-refractivity contribution in [1.29, 1.82) is 0 Å². The zero-order valence-corrected chi connectivity index (χ0v) is 15.1. The lowest BCUT2D eigenvalue weighted by atomic mass is 9.97. The number of benzene rings is 1. The van der Waals surface area contributed by atoms with Gasteiger partial charge in [-0.3, -0.25) is 9.91 Å². The highest BCUT2D eigenvalue weighted by molar-refractivity contribution is 5.23. The number of halogens is 1. The molecule has 4 aliphatic rings. The minimum absolute atomic E-state index is 0.0523. The molecule has 0 spiro atoms. The third-order valence-electron chi connectivity index (χ3n) is 6.62. The van der Waals surface area contributed by atoms with Gasteiger partial charge in [0, 0.05) is 19.1 Å². The molecule has 0 N–H and O–H groups in total. The predicted octanol–water partition coefficient (Wildman–Crippen LogP) is 3.72. The average molecular weight is 358 g/mol. The van der Waals surface area contributed by atoms with Crippen molar-refractivity contribution in [3.8, 4) is 0 Å². The maximum atomic E-state index is 13.2. The van der Waals surface area contributed by atoms with Crippen LogP contribution in [0.25, 0.3) is 0 Å². The molecule has 3 fully saturated rings. The molecule has 26 heavy (non-hydrogen) atoms. The highest BCUT2D eigenvalue weighted by Gasteiger charge is 2.49. The molecule has 0 radical (unpaired) electrons. The second-order valence-corrected chi connectivity index (χ2v) is 8.19. The van der Waals surface area contributed by atoms with Crippen LogP contribution in [0.4, 0.5) is 4.39 Å². The van der Waals surface area contributed by atoms with Crippen LogP contribution in [-0.4, -0.2) is 53.8 Å². The molecule has 6 heteroatoms. The summed E-state index contributed by atoms with van der Waals surface area (Å²) in [5.74, 6) is -0.213. The Balaban J connectivity index is 1.30. The Morgan fingerprint density at radius 2 is 1.73 bits per heavy atom. The van der Waals surface area contributed by atoms with Gasteiger partial charge < -0.3 is 4.74 Å². The Labute approximate surface area is 154 Å². The van der Waals surface area contributed by atoms with Gasteiger partial charge in [0.25, 0.3) is 0 Å². The van der Waals surface area contributed by atoms with Gasteiger partial charge in [-0.05, 0) is 30.5 Å². The maximum absolute atomic E-state index is 13.2. The molecule has 0 bridgehead atoms. The van der Waals surface area contributed by atoms with Gasteiger partial charge in [-0.2, -0.15) is 5.11 Å². The Morgan fingerprint density at radius 1 is 0.962 bits per heavy atom. The number of likely N-dealkylation sites (tertiary alicyclic amines) is 1. The summed E-state index contributed by atoms with van der Waals surface area (Å²) < 4.78 is 19.5. The fourth-order valence-corrected chi connectivity index (χ4v) is 5.18. The van der Waals surface area contributed by atoms with E-state index in [1.807, 2.05) is 12.1 Å². The van der Waals surface area contributed by atoms with Gasteiger partial charge in [-0.15, -0.1) is 0 Å². The van der Waals surface area contributed by atoms with Crippen molar-refractivity contribution in [2.75, 3.05) is 19.7 Å². The van der Waals surface area contributed by atoms with Gasteiger partial charge in [-0.25, -0.2) is 4.39 Å². The van der Waals surface area contributed by atoms with E-state index in [4.69, 9.17) is 4.74 Å². The number of fused-ring (bicyclic) bond motifs is 3. The normalized spacial score (nSPS) is 35.3. The molecule has 5 nitrogen and oxygen atoms in total. The van der Waals surface area contributed by atoms with Crippen LogP contribution in [0.5, 0.6) is 0 Å². The molecule has 1 saturated carbocycles. The van der Waals surface area contributed by atoms with Crippen molar-refractivity contribution < 1.29 is 9.13 Å². The summed E-state index contributed by atoms with van der Waals surface area (Å²) in [5, 5.41) is 11.3. The largest absolute Gasteiger partial charge is 0.372 e. The molecule has 3 aliphatic heterocycles. The van der Waals surface area contributed by atoms with Crippen molar-refractivity contribution in [2.24, 2.45) is 10.3 Å². The van der Waals surface area contributed by atoms with Crippen LogP contribution >= 0.6 is 0 Å². The SMILES string of the molecule is Fc1ccc(C2N=NN3C2CO[C@H]2CN(C4CCCCCC4)C[C@@H]23)cc1. The molecular weight excluding hydrogens is 331 g/mol. The van der Waals surface area contributed by atoms with Crippen LogP contribution in [0.3, 0.4) is 0 Å². The zero-order valence-electron chi connectivity index (χ0n) is 15.1. The van der Waals surface area contributed by atoms with E-state index in [1.54, 1.807) is 0 Å². The van der Waals surface area contributed by atoms with Crippen LogP contribution in [0.15, 0.2) is 34.6 Å². The second kappa shape index (κ2) is 6.89. The van der Waals surface area contributed by atoms with Crippen molar-refractivity contribution in [2.45, 2.75) is 68.8 Å². The molecule has 1 aromatic carbocycles. The van der Waals surface area contributed by atoms with Gasteiger partial charge in [-0.1, -0.05) is 43.0 Å².